The van der Waals surface area contributed by atoms with Crippen LogP contribution in [0.5, 0.6) is 0 Å². The largest absolute Gasteiger partial charge is 0.356 e. The summed E-state index contributed by atoms with van der Waals surface area (Å²) in [5.74, 6) is 1.13. The van der Waals surface area contributed by atoms with Crippen LogP contribution in [0, 0.1) is 17.2 Å². The molecular weight excluding hydrogens is 478 g/mol. The topological polar surface area (TPSA) is 132 Å². The smallest absolute Gasteiger partial charge is 0.249 e. The van der Waals surface area contributed by atoms with Crippen molar-refractivity contribution in [3.05, 3.63) is 47.0 Å². The van der Waals surface area contributed by atoms with E-state index in [0.717, 1.165) is 18.7 Å². The number of nitrogens with one attached hydrogen (secondary N) is 2. The number of hydrogen-bond acceptors (Lipinski definition) is 7. The van der Waals surface area contributed by atoms with Crippen LogP contribution in [0.3, 0.4) is 0 Å². The second kappa shape index (κ2) is 8.87. The maximum absolute atomic E-state index is 12.8. The molecule has 1 aliphatic carbocycles. The Bertz CT molecular complexity index is 1400. The van der Waals surface area contributed by atoms with Crippen molar-refractivity contribution in [2.75, 3.05) is 23.3 Å². The van der Waals surface area contributed by atoms with E-state index in [1.54, 1.807) is 4.52 Å². The zero-order valence-corrected chi connectivity index (χ0v) is 19.7. The molecule has 12 heteroatoms. The van der Waals surface area contributed by atoms with Gasteiger partial charge in [-0.2, -0.15) is 14.8 Å². The molecule has 1 amide bonds. The third kappa shape index (κ3) is 4.57. The number of fused-ring (bicyclic) bond motifs is 1. The minimum atomic E-state index is -3.82. The van der Waals surface area contributed by atoms with Gasteiger partial charge in [0.15, 0.2) is 5.65 Å². The van der Waals surface area contributed by atoms with E-state index >= 15 is 0 Å². The average Bonchev–Trinajstić information content (AvgIpc) is 3.59. The Morgan fingerprint density at radius 1 is 1.15 bits per heavy atom. The number of hydrogen-bond donors (Lipinski definition) is 2. The van der Waals surface area contributed by atoms with E-state index in [2.05, 4.69) is 25.0 Å². The molecule has 2 fully saturated rings. The third-order valence-corrected chi connectivity index (χ3v) is 8.02. The van der Waals surface area contributed by atoms with Gasteiger partial charge in [0.05, 0.1) is 16.7 Å². The van der Waals surface area contributed by atoms with Crippen molar-refractivity contribution in [3.8, 4) is 6.07 Å². The van der Waals surface area contributed by atoms with E-state index in [1.165, 1.54) is 18.2 Å². The minimum Gasteiger partial charge on any atom is -0.356 e. The SMILES string of the molecule is N#Cc1ccc(S(=O)(=O)NC2CCN(c3cccc4nc(NC(=O)C5CC5)nn34)CC2)c(Cl)c1. The Balaban J connectivity index is 1.26. The molecular formula is C22H22ClN7O3S. The number of benzene rings is 1. The molecule has 3 aromatic rings. The highest BCUT2D eigenvalue weighted by Crippen LogP contribution is 2.30. The van der Waals surface area contributed by atoms with Crippen LogP contribution in [0.1, 0.15) is 31.2 Å². The molecule has 10 nitrogen and oxygen atoms in total. The normalized spacial score (nSPS) is 17.0. The number of sulfonamides is 1. The van der Waals surface area contributed by atoms with Crippen LogP contribution in [0.4, 0.5) is 11.8 Å². The maximum atomic E-state index is 12.8. The zero-order chi connectivity index (χ0) is 23.9. The fourth-order valence-corrected chi connectivity index (χ4v) is 5.89. The Labute approximate surface area is 201 Å². The van der Waals surface area contributed by atoms with E-state index < -0.39 is 10.0 Å². The summed E-state index contributed by atoms with van der Waals surface area (Å²) >= 11 is 6.10. The maximum Gasteiger partial charge on any atom is 0.249 e. The summed E-state index contributed by atoms with van der Waals surface area (Å²) in [4.78, 5) is 18.5. The molecule has 1 saturated carbocycles. The summed E-state index contributed by atoms with van der Waals surface area (Å²) in [5.41, 5.74) is 0.927. The number of amides is 1. The Kier molecular flexibility index (Phi) is 5.89. The molecule has 176 valence electrons. The summed E-state index contributed by atoms with van der Waals surface area (Å²) in [6, 6.07) is 11.5. The summed E-state index contributed by atoms with van der Waals surface area (Å²) in [6.45, 7) is 1.22. The van der Waals surface area contributed by atoms with Gasteiger partial charge in [-0.3, -0.25) is 10.1 Å². The van der Waals surface area contributed by atoms with Crippen LogP contribution >= 0.6 is 11.6 Å². The zero-order valence-electron chi connectivity index (χ0n) is 18.1. The number of piperidine rings is 1. The van der Waals surface area contributed by atoms with Gasteiger partial charge in [-0.05, 0) is 56.0 Å². The molecule has 0 atom stereocenters. The number of carbonyl (C=O) groups excluding carboxylic acids is 1. The standard InChI is InChI=1S/C22H22ClN7O3S/c23-17-12-14(13-24)4-7-18(17)34(32,33)28-16-8-10-29(11-9-16)20-3-1-2-19-25-22(27-30(19)20)26-21(31)15-5-6-15/h1-4,7,12,15-16,28H,5-6,8-11H2,(H,26,27,31). The van der Waals surface area contributed by atoms with E-state index in [4.69, 9.17) is 16.9 Å². The highest BCUT2D eigenvalue weighted by Gasteiger charge is 2.31. The van der Waals surface area contributed by atoms with Crippen LogP contribution in [-0.4, -0.2) is 48.1 Å². The molecule has 0 radical (unpaired) electrons. The van der Waals surface area contributed by atoms with Gasteiger partial charge in [-0.25, -0.2) is 13.1 Å². The van der Waals surface area contributed by atoms with Gasteiger partial charge in [0.2, 0.25) is 21.9 Å². The van der Waals surface area contributed by atoms with Gasteiger partial charge in [0.1, 0.15) is 10.7 Å². The summed E-state index contributed by atoms with van der Waals surface area (Å²) in [7, 11) is -3.82. The Morgan fingerprint density at radius 2 is 1.91 bits per heavy atom. The van der Waals surface area contributed by atoms with Crippen LogP contribution in [-0.2, 0) is 14.8 Å². The second-order valence-electron chi connectivity index (χ2n) is 8.49. The lowest BCUT2D eigenvalue weighted by atomic mass is 10.1. The predicted molar refractivity (Wildman–Crippen MR) is 126 cm³/mol. The first-order chi connectivity index (χ1) is 16.3. The van der Waals surface area contributed by atoms with Crippen molar-refractivity contribution >= 4 is 44.9 Å². The van der Waals surface area contributed by atoms with Gasteiger partial charge >= 0.3 is 0 Å². The van der Waals surface area contributed by atoms with Gasteiger partial charge in [0, 0.05) is 25.0 Å². The van der Waals surface area contributed by atoms with Crippen LogP contribution < -0.4 is 14.9 Å². The van der Waals surface area contributed by atoms with E-state index in [1.807, 2.05) is 24.3 Å². The van der Waals surface area contributed by atoms with E-state index in [0.29, 0.717) is 37.1 Å². The minimum absolute atomic E-state index is 0.0198. The Hall–Kier alpha value is -3.20. The quantitative estimate of drug-likeness (QED) is 0.532. The fourth-order valence-electron chi connectivity index (χ4n) is 4.04. The van der Waals surface area contributed by atoms with Crippen LogP contribution in [0.15, 0.2) is 41.3 Å². The van der Waals surface area contributed by atoms with Crippen molar-refractivity contribution in [2.24, 2.45) is 5.92 Å². The lowest BCUT2D eigenvalue weighted by Gasteiger charge is -2.33. The summed E-state index contributed by atoms with van der Waals surface area (Å²) < 4.78 is 30.1. The van der Waals surface area contributed by atoms with Crippen molar-refractivity contribution in [3.63, 3.8) is 0 Å². The molecule has 34 heavy (non-hydrogen) atoms. The lowest BCUT2D eigenvalue weighted by Crippen LogP contribution is -2.45. The van der Waals surface area contributed by atoms with Gasteiger partial charge in [-0.15, -0.1) is 5.10 Å². The van der Waals surface area contributed by atoms with Crippen molar-refractivity contribution in [1.82, 2.24) is 19.3 Å². The highest BCUT2D eigenvalue weighted by molar-refractivity contribution is 7.89. The molecule has 0 unspecified atom stereocenters. The molecule has 2 N–H and O–H groups in total. The number of nitriles is 1. The van der Waals surface area contributed by atoms with Gasteiger partial charge < -0.3 is 4.90 Å². The molecule has 0 bridgehead atoms. The number of pyridine rings is 1. The second-order valence-corrected chi connectivity index (χ2v) is 10.6. The number of aromatic nitrogens is 3. The van der Waals surface area contributed by atoms with Crippen LogP contribution in [0.25, 0.3) is 5.65 Å². The first-order valence-electron chi connectivity index (χ1n) is 11.0. The molecule has 2 aliphatic rings. The van der Waals surface area contributed by atoms with Crippen molar-refractivity contribution < 1.29 is 13.2 Å². The van der Waals surface area contributed by atoms with Gasteiger partial charge in [0.25, 0.3) is 0 Å². The van der Waals surface area contributed by atoms with Crippen LogP contribution in [0.2, 0.25) is 5.02 Å². The third-order valence-electron chi connectivity index (χ3n) is 6.01. The first-order valence-corrected chi connectivity index (χ1v) is 12.8. The fraction of sp³-hybridized carbons (Fsp3) is 0.364. The average molecular weight is 500 g/mol. The predicted octanol–water partition coefficient (Wildman–Crippen LogP) is 2.55. The molecule has 5 rings (SSSR count). The van der Waals surface area contributed by atoms with Crippen molar-refractivity contribution in [2.45, 2.75) is 36.6 Å². The molecule has 1 saturated heterocycles. The molecule has 2 aromatic heterocycles. The number of nitrogens with zero attached hydrogens (tertiary/aromatic N) is 5. The number of anilines is 2. The first kappa shape index (κ1) is 22.6. The Morgan fingerprint density at radius 3 is 2.59 bits per heavy atom. The molecule has 1 aliphatic heterocycles. The molecule has 1 aromatic carbocycles. The molecule has 0 spiro atoms. The highest BCUT2D eigenvalue weighted by atomic mass is 35.5. The number of halogens is 1. The van der Waals surface area contributed by atoms with E-state index in [9.17, 15) is 13.2 Å². The van der Waals surface area contributed by atoms with E-state index in [-0.39, 0.29) is 33.7 Å². The number of rotatable bonds is 6. The molecule has 3 heterocycles. The summed E-state index contributed by atoms with van der Waals surface area (Å²) in [6.07, 6.45) is 2.98. The van der Waals surface area contributed by atoms with Crippen molar-refractivity contribution in [1.29, 1.82) is 5.26 Å². The lowest BCUT2D eigenvalue weighted by molar-refractivity contribution is -0.117. The monoisotopic (exact) mass is 499 g/mol. The van der Waals surface area contributed by atoms with Gasteiger partial charge in [-0.1, -0.05) is 17.7 Å². The summed E-state index contributed by atoms with van der Waals surface area (Å²) in [5, 5.41) is 16.2. The number of carbonyl (C=O) groups is 1.